The van der Waals surface area contributed by atoms with E-state index >= 15 is 0 Å². The van der Waals surface area contributed by atoms with Crippen molar-refractivity contribution >= 4 is 17.6 Å². The number of halogens is 1. The van der Waals surface area contributed by atoms with Crippen LogP contribution >= 0.6 is 0 Å². The van der Waals surface area contributed by atoms with Crippen molar-refractivity contribution < 1.29 is 14.0 Å². The lowest BCUT2D eigenvalue weighted by molar-refractivity contribution is -0.117. The zero-order valence-electron chi connectivity index (χ0n) is 13.7. The summed E-state index contributed by atoms with van der Waals surface area (Å²) in [4.78, 5) is 23.7. The van der Waals surface area contributed by atoms with Crippen LogP contribution in [0, 0.1) is 5.82 Å². The van der Waals surface area contributed by atoms with Gasteiger partial charge in [0, 0.05) is 5.69 Å². The van der Waals surface area contributed by atoms with E-state index < -0.39 is 11.4 Å². The first-order valence-corrected chi connectivity index (χ1v) is 8.20. The van der Waals surface area contributed by atoms with E-state index in [0.717, 1.165) is 24.8 Å². The number of para-hydroxylation sites is 1. The zero-order valence-corrected chi connectivity index (χ0v) is 13.7. The van der Waals surface area contributed by atoms with Crippen molar-refractivity contribution in [1.29, 1.82) is 0 Å². The Kier molecular flexibility index (Phi) is 4.70. The first kappa shape index (κ1) is 17.0. The molecule has 0 saturated heterocycles. The molecule has 0 bridgehead atoms. The van der Waals surface area contributed by atoms with Crippen molar-refractivity contribution in [3.8, 4) is 0 Å². The second-order valence-corrected chi connectivity index (χ2v) is 6.32. The van der Waals surface area contributed by atoms with Crippen molar-refractivity contribution in [2.45, 2.75) is 31.2 Å². The van der Waals surface area contributed by atoms with Crippen LogP contribution in [0.1, 0.15) is 30.4 Å². The van der Waals surface area contributed by atoms with E-state index in [-0.39, 0.29) is 18.3 Å². The van der Waals surface area contributed by atoms with Gasteiger partial charge in [-0.1, -0.05) is 30.3 Å². The Labute approximate surface area is 145 Å². The molecule has 25 heavy (non-hydrogen) atoms. The molecule has 1 saturated carbocycles. The number of primary amides is 1. The second-order valence-electron chi connectivity index (χ2n) is 6.32. The number of benzene rings is 2. The molecule has 6 heteroatoms. The van der Waals surface area contributed by atoms with Gasteiger partial charge in [0.15, 0.2) is 0 Å². The van der Waals surface area contributed by atoms with Gasteiger partial charge in [-0.3, -0.25) is 4.79 Å². The van der Waals surface area contributed by atoms with Gasteiger partial charge in [-0.2, -0.15) is 0 Å². The van der Waals surface area contributed by atoms with Gasteiger partial charge in [0.25, 0.3) is 0 Å². The van der Waals surface area contributed by atoms with Crippen LogP contribution < -0.4 is 16.4 Å². The largest absolute Gasteiger partial charge is 0.369 e. The van der Waals surface area contributed by atoms with Crippen LogP contribution in [0.2, 0.25) is 0 Å². The van der Waals surface area contributed by atoms with Crippen molar-refractivity contribution in [3.63, 3.8) is 0 Å². The summed E-state index contributed by atoms with van der Waals surface area (Å²) in [6.07, 6.45) is 2.65. The number of rotatable bonds is 5. The average molecular weight is 341 g/mol. The fourth-order valence-corrected chi connectivity index (χ4v) is 3.14. The van der Waals surface area contributed by atoms with E-state index in [9.17, 15) is 14.0 Å². The molecule has 3 amide bonds. The highest BCUT2D eigenvalue weighted by Crippen LogP contribution is 2.41. The summed E-state index contributed by atoms with van der Waals surface area (Å²) in [6, 6.07) is 12.9. The highest BCUT2D eigenvalue weighted by atomic mass is 19.1. The molecule has 5 nitrogen and oxygen atoms in total. The van der Waals surface area contributed by atoms with E-state index in [2.05, 4.69) is 10.6 Å². The number of nitrogens with one attached hydrogen (secondary N) is 2. The van der Waals surface area contributed by atoms with Gasteiger partial charge in [-0.05, 0) is 48.6 Å². The van der Waals surface area contributed by atoms with Gasteiger partial charge >= 0.3 is 6.03 Å². The summed E-state index contributed by atoms with van der Waals surface area (Å²) in [7, 11) is 0. The van der Waals surface area contributed by atoms with Gasteiger partial charge in [0.05, 0.1) is 12.0 Å². The normalized spacial score (nSPS) is 15.1. The Morgan fingerprint density at radius 1 is 1.08 bits per heavy atom. The van der Waals surface area contributed by atoms with Crippen LogP contribution in [0.25, 0.3) is 0 Å². The summed E-state index contributed by atoms with van der Waals surface area (Å²) < 4.78 is 13.2. The number of amides is 3. The summed E-state index contributed by atoms with van der Waals surface area (Å²) in [5.74, 6) is -0.764. The lowest BCUT2D eigenvalue weighted by Gasteiger charge is -2.43. The molecule has 2 aromatic rings. The highest BCUT2D eigenvalue weighted by Gasteiger charge is 2.40. The molecule has 1 aliphatic rings. The van der Waals surface area contributed by atoms with E-state index in [1.807, 2.05) is 0 Å². The Morgan fingerprint density at radius 3 is 2.36 bits per heavy atom. The molecular weight excluding hydrogens is 321 g/mol. The predicted octanol–water partition coefficient (Wildman–Crippen LogP) is 3.05. The Bertz CT molecular complexity index is 786. The molecule has 1 aliphatic carbocycles. The van der Waals surface area contributed by atoms with Crippen LogP contribution in [0.15, 0.2) is 48.5 Å². The summed E-state index contributed by atoms with van der Waals surface area (Å²) in [5, 5.41) is 5.80. The smallest absolute Gasteiger partial charge is 0.319 e. The molecule has 0 spiro atoms. The highest BCUT2D eigenvalue weighted by molar-refractivity contribution is 5.92. The van der Waals surface area contributed by atoms with E-state index in [4.69, 9.17) is 5.73 Å². The molecule has 3 rings (SSSR count). The second kappa shape index (κ2) is 6.93. The minimum absolute atomic E-state index is 0.0551. The third-order valence-corrected chi connectivity index (χ3v) is 4.59. The summed E-state index contributed by atoms with van der Waals surface area (Å²) >= 11 is 0. The lowest BCUT2D eigenvalue weighted by atomic mass is 9.72. The first-order valence-electron chi connectivity index (χ1n) is 8.20. The van der Waals surface area contributed by atoms with E-state index in [1.54, 1.807) is 36.4 Å². The maximum Gasteiger partial charge on any atom is 0.319 e. The zero-order chi connectivity index (χ0) is 17.9. The van der Waals surface area contributed by atoms with E-state index in [1.165, 1.54) is 12.1 Å². The minimum Gasteiger partial charge on any atom is -0.369 e. The SMILES string of the molecule is NC(=O)Cc1ccccc1NC(=O)NC1(c2ccc(F)cc2)CCC1. The standard InChI is InChI=1S/C19H20FN3O2/c20-15-8-6-14(7-9-15)19(10-3-11-19)23-18(25)22-16-5-2-1-4-13(16)12-17(21)24/h1-2,4-9H,3,10-12H2,(H2,21,24)(H2,22,23,25). The van der Waals surface area contributed by atoms with Crippen LogP contribution in [0.3, 0.4) is 0 Å². The first-order chi connectivity index (χ1) is 12.0. The Morgan fingerprint density at radius 2 is 1.76 bits per heavy atom. The molecule has 0 aliphatic heterocycles. The van der Waals surface area contributed by atoms with Crippen LogP contribution in [-0.4, -0.2) is 11.9 Å². The van der Waals surface area contributed by atoms with Gasteiger partial charge in [0.2, 0.25) is 5.91 Å². The maximum atomic E-state index is 13.2. The average Bonchev–Trinajstić information content (AvgIpc) is 2.53. The number of hydrogen-bond acceptors (Lipinski definition) is 2. The molecule has 0 atom stereocenters. The van der Waals surface area contributed by atoms with Crippen molar-refractivity contribution in [1.82, 2.24) is 5.32 Å². The number of anilines is 1. The lowest BCUT2D eigenvalue weighted by Crippen LogP contribution is -2.52. The molecule has 130 valence electrons. The van der Waals surface area contributed by atoms with Gasteiger partial charge in [0.1, 0.15) is 5.82 Å². The van der Waals surface area contributed by atoms with Gasteiger partial charge < -0.3 is 16.4 Å². The van der Waals surface area contributed by atoms with E-state index in [0.29, 0.717) is 11.3 Å². The fourth-order valence-electron chi connectivity index (χ4n) is 3.14. The number of carbonyl (C=O) groups is 2. The number of carbonyl (C=O) groups excluding carboxylic acids is 2. The molecule has 0 heterocycles. The molecule has 1 fully saturated rings. The van der Waals surface area contributed by atoms with Crippen molar-refractivity contribution in [3.05, 3.63) is 65.5 Å². The van der Waals surface area contributed by atoms with Crippen LogP contribution in [0.4, 0.5) is 14.9 Å². The summed E-state index contributed by atoms with van der Waals surface area (Å²) in [6.45, 7) is 0. The Hall–Kier alpha value is -2.89. The third-order valence-electron chi connectivity index (χ3n) is 4.59. The quantitative estimate of drug-likeness (QED) is 0.781. The summed E-state index contributed by atoms with van der Waals surface area (Å²) in [5.41, 5.74) is 6.87. The number of nitrogens with two attached hydrogens (primary N) is 1. The van der Waals surface area contributed by atoms with Crippen LogP contribution in [0.5, 0.6) is 0 Å². The van der Waals surface area contributed by atoms with Gasteiger partial charge in [-0.25, -0.2) is 9.18 Å². The number of hydrogen-bond donors (Lipinski definition) is 3. The predicted molar refractivity (Wildman–Crippen MR) is 93.4 cm³/mol. The molecular formula is C19H20FN3O2. The molecule has 2 aromatic carbocycles. The minimum atomic E-state index is -0.476. The third kappa shape index (κ3) is 3.79. The van der Waals surface area contributed by atoms with Crippen molar-refractivity contribution in [2.75, 3.05) is 5.32 Å². The monoisotopic (exact) mass is 341 g/mol. The molecule has 4 N–H and O–H groups in total. The molecule has 0 aromatic heterocycles. The molecule has 0 radical (unpaired) electrons. The number of urea groups is 1. The molecule has 0 unspecified atom stereocenters. The maximum absolute atomic E-state index is 13.2. The van der Waals surface area contributed by atoms with Crippen LogP contribution in [-0.2, 0) is 16.8 Å². The van der Waals surface area contributed by atoms with Gasteiger partial charge in [-0.15, -0.1) is 0 Å². The topological polar surface area (TPSA) is 84.2 Å². The van der Waals surface area contributed by atoms with Crippen molar-refractivity contribution in [2.24, 2.45) is 5.73 Å². The fraction of sp³-hybridized carbons (Fsp3) is 0.263. The Balaban J connectivity index is 1.74.